The first-order chi connectivity index (χ1) is 11.7. The van der Waals surface area contributed by atoms with Gasteiger partial charge in [0.15, 0.2) is 12.2 Å². The highest BCUT2D eigenvalue weighted by molar-refractivity contribution is 5.69. The van der Waals surface area contributed by atoms with Gasteiger partial charge in [-0.25, -0.2) is 0 Å². The van der Waals surface area contributed by atoms with E-state index >= 15 is 0 Å². The van der Waals surface area contributed by atoms with E-state index < -0.39 is 54.6 Å². The Bertz CT molecular complexity index is 554. The Morgan fingerprint density at radius 1 is 0.680 bits per heavy atom. The van der Waals surface area contributed by atoms with Crippen LogP contribution in [0.2, 0.25) is 0 Å². The fourth-order valence-electron chi connectivity index (χ4n) is 2.87. The minimum Gasteiger partial charge on any atom is -0.456 e. The number of esters is 4. The van der Waals surface area contributed by atoms with E-state index in [1.165, 1.54) is 20.8 Å². The van der Waals surface area contributed by atoms with Crippen molar-refractivity contribution in [3.63, 3.8) is 0 Å². The zero-order valence-electron chi connectivity index (χ0n) is 14.6. The third-order valence-electron chi connectivity index (χ3n) is 3.81. The molecule has 2 rings (SSSR count). The van der Waals surface area contributed by atoms with Gasteiger partial charge in [-0.3, -0.25) is 19.2 Å². The van der Waals surface area contributed by atoms with Crippen LogP contribution in [0.15, 0.2) is 0 Å². The summed E-state index contributed by atoms with van der Waals surface area (Å²) in [5, 5.41) is 0. The molecule has 0 radical (unpaired) electrons. The molecule has 1 aliphatic heterocycles. The molecule has 1 saturated carbocycles. The molecule has 0 amide bonds. The molecule has 9 nitrogen and oxygen atoms in total. The number of hydrogen-bond acceptors (Lipinski definition) is 9. The number of ether oxygens (including phenoxy) is 5. The summed E-state index contributed by atoms with van der Waals surface area (Å²) in [5.74, 6) is -2.52. The average molecular weight is 358 g/mol. The lowest BCUT2D eigenvalue weighted by molar-refractivity contribution is -0.299. The number of hydrogen-bond donors (Lipinski definition) is 0. The van der Waals surface area contributed by atoms with Crippen molar-refractivity contribution >= 4 is 23.9 Å². The highest BCUT2D eigenvalue weighted by Gasteiger charge is 2.56. The second-order valence-corrected chi connectivity index (χ2v) is 6.14. The second-order valence-electron chi connectivity index (χ2n) is 6.14. The first kappa shape index (κ1) is 19.2. The Balaban J connectivity index is 2.37. The molecule has 0 bridgehead atoms. The van der Waals surface area contributed by atoms with Crippen LogP contribution in [0.25, 0.3) is 0 Å². The maximum absolute atomic E-state index is 11.5. The van der Waals surface area contributed by atoms with Crippen molar-refractivity contribution < 1.29 is 42.9 Å². The summed E-state index contributed by atoms with van der Waals surface area (Å²) in [5.41, 5.74) is 0. The van der Waals surface area contributed by atoms with Crippen LogP contribution in [0.3, 0.4) is 0 Å². The van der Waals surface area contributed by atoms with E-state index in [0.29, 0.717) is 0 Å². The molecule has 1 saturated heterocycles. The topological polar surface area (TPSA) is 114 Å². The van der Waals surface area contributed by atoms with Crippen molar-refractivity contribution in [3.8, 4) is 0 Å². The van der Waals surface area contributed by atoms with Gasteiger partial charge < -0.3 is 23.7 Å². The third-order valence-corrected chi connectivity index (χ3v) is 3.81. The summed E-state index contributed by atoms with van der Waals surface area (Å²) in [6.07, 6.45) is -3.59. The molecule has 0 N–H and O–H groups in total. The van der Waals surface area contributed by atoms with Crippen LogP contribution < -0.4 is 0 Å². The fraction of sp³-hybridized carbons (Fsp3) is 0.750. The van der Waals surface area contributed by atoms with E-state index in [1.807, 2.05) is 0 Å². The Kier molecular flexibility index (Phi) is 5.99. The molecule has 1 aliphatic carbocycles. The van der Waals surface area contributed by atoms with E-state index in [0.717, 1.165) is 19.8 Å². The van der Waals surface area contributed by atoms with Gasteiger partial charge >= 0.3 is 23.9 Å². The van der Waals surface area contributed by atoms with Crippen LogP contribution in [-0.2, 0) is 42.9 Å². The molecular formula is C16H22O9. The van der Waals surface area contributed by atoms with Crippen molar-refractivity contribution in [2.45, 2.75) is 71.2 Å². The van der Waals surface area contributed by atoms with Crippen molar-refractivity contribution in [1.29, 1.82) is 0 Å². The maximum Gasteiger partial charge on any atom is 0.305 e. The zero-order valence-corrected chi connectivity index (χ0v) is 14.6. The predicted octanol–water partition coefficient (Wildman–Crippen LogP) is 0.479. The van der Waals surface area contributed by atoms with Crippen molar-refractivity contribution in [2.75, 3.05) is 0 Å². The highest BCUT2D eigenvalue weighted by Crippen LogP contribution is 2.42. The van der Waals surface area contributed by atoms with E-state index in [2.05, 4.69) is 0 Å². The van der Waals surface area contributed by atoms with Gasteiger partial charge in [-0.15, -0.1) is 0 Å². The van der Waals surface area contributed by atoms with Crippen molar-refractivity contribution in [3.05, 3.63) is 0 Å². The number of carbonyl (C=O) groups is 4. The first-order valence-corrected chi connectivity index (χ1v) is 8.03. The first-order valence-electron chi connectivity index (χ1n) is 8.03. The molecule has 0 aromatic rings. The molecule has 0 spiro atoms. The van der Waals surface area contributed by atoms with Gasteiger partial charge in [0.25, 0.3) is 0 Å². The Labute approximate surface area is 144 Å². The predicted molar refractivity (Wildman–Crippen MR) is 79.8 cm³/mol. The summed E-state index contributed by atoms with van der Waals surface area (Å²) < 4.78 is 26.6. The minimum atomic E-state index is -1.26. The van der Waals surface area contributed by atoms with Gasteiger partial charge in [0, 0.05) is 27.7 Å². The molecule has 0 aromatic carbocycles. The van der Waals surface area contributed by atoms with Crippen LogP contribution in [0, 0.1) is 5.92 Å². The van der Waals surface area contributed by atoms with Gasteiger partial charge in [0.1, 0.15) is 6.10 Å². The van der Waals surface area contributed by atoms with E-state index in [4.69, 9.17) is 23.7 Å². The van der Waals surface area contributed by atoms with Crippen molar-refractivity contribution in [2.24, 2.45) is 5.92 Å². The monoisotopic (exact) mass is 358 g/mol. The summed E-state index contributed by atoms with van der Waals surface area (Å²) in [7, 11) is 0. The smallest absolute Gasteiger partial charge is 0.305 e. The fourth-order valence-corrected chi connectivity index (χ4v) is 2.87. The maximum atomic E-state index is 11.5. The normalized spacial score (nSPS) is 31.6. The Hall–Kier alpha value is -2.16. The molecule has 5 atom stereocenters. The van der Waals surface area contributed by atoms with E-state index in [9.17, 15) is 19.2 Å². The number of rotatable bonds is 5. The quantitative estimate of drug-likeness (QED) is 0.511. The van der Waals surface area contributed by atoms with E-state index in [1.54, 1.807) is 0 Å². The van der Waals surface area contributed by atoms with Crippen LogP contribution in [0.1, 0.15) is 40.5 Å². The SMILES string of the molecule is CC(=O)OC1O[C@@H](C2CC2)[C@H](OC(C)=O)[C@@H](OC(C)=O)[C@@H]1OC(C)=O. The molecule has 1 heterocycles. The van der Waals surface area contributed by atoms with Gasteiger partial charge in [-0.1, -0.05) is 0 Å². The van der Waals surface area contributed by atoms with Crippen molar-refractivity contribution in [1.82, 2.24) is 0 Å². The second kappa shape index (κ2) is 7.81. The lowest BCUT2D eigenvalue weighted by Crippen LogP contribution is -2.62. The molecule has 2 aliphatic rings. The summed E-state index contributed by atoms with van der Waals surface area (Å²) in [6.45, 7) is 4.73. The largest absolute Gasteiger partial charge is 0.456 e. The highest BCUT2D eigenvalue weighted by atomic mass is 16.7. The lowest BCUT2D eigenvalue weighted by atomic mass is 9.95. The molecule has 9 heteroatoms. The average Bonchev–Trinajstić information content (AvgIpc) is 3.27. The minimum absolute atomic E-state index is 0.0683. The van der Waals surface area contributed by atoms with Gasteiger partial charge in [-0.2, -0.15) is 0 Å². The Morgan fingerprint density at radius 2 is 1.12 bits per heavy atom. The summed E-state index contributed by atoms with van der Waals surface area (Å²) in [6, 6.07) is 0. The molecule has 0 aromatic heterocycles. The Morgan fingerprint density at radius 3 is 1.56 bits per heavy atom. The third kappa shape index (κ3) is 5.15. The van der Waals surface area contributed by atoms with Crippen LogP contribution in [-0.4, -0.2) is 54.6 Å². The zero-order chi connectivity index (χ0) is 18.7. The van der Waals surface area contributed by atoms with Gasteiger partial charge in [0.05, 0.1) is 0 Å². The van der Waals surface area contributed by atoms with Gasteiger partial charge in [-0.05, 0) is 18.8 Å². The van der Waals surface area contributed by atoms with Gasteiger partial charge in [0.2, 0.25) is 12.4 Å². The van der Waals surface area contributed by atoms with Crippen LogP contribution >= 0.6 is 0 Å². The molecule has 2 fully saturated rings. The number of carbonyl (C=O) groups excluding carboxylic acids is 4. The molecular weight excluding hydrogens is 336 g/mol. The molecule has 140 valence electrons. The summed E-state index contributed by atoms with van der Waals surface area (Å²) >= 11 is 0. The standard InChI is InChI=1S/C16H22O9/c1-7(17)21-13-12(11-5-6-11)25-16(24-10(4)20)15(23-9(3)19)14(13)22-8(2)18/h11-16H,5-6H2,1-4H3/t12-,13-,14+,15-,16?/m0/s1. The lowest BCUT2D eigenvalue weighted by Gasteiger charge is -2.44. The van der Waals surface area contributed by atoms with Crippen LogP contribution in [0.5, 0.6) is 0 Å². The summed E-state index contributed by atoms with van der Waals surface area (Å²) in [4.78, 5) is 45.9. The van der Waals surface area contributed by atoms with E-state index in [-0.39, 0.29) is 5.92 Å². The van der Waals surface area contributed by atoms with Crippen LogP contribution in [0.4, 0.5) is 0 Å². The molecule has 25 heavy (non-hydrogen) atoms. The molecule has 1 unspecified atom stereocenters.